The quantitative estimate of drug-likeness (QED) is 0.919. The third-order valence-electron chi connectivity index (χ3n) is 3.54. The van der Waals surface area contributed by atoms with E-state index in [1.165, 1.54) is 24.3 Å². The number of anilines is 1. The fourth-order valence-corrected chi connectivity index (χ4v) is 2.25. The van der Waals surface area contributed by atoms with E-state index < -0.39 is 0 Å². The van der Waals surface area contributed by atoms with Gasteiger partial charge in [0, 0.05) is 18.3 Å². The van der Waals surface area contributed by atoms with Crippen molar-refractivity contribution in [1.82, 2.24) is 15.3 Å². The number of hydrazone groups is 1. The van der Waals surface area contributed by atoms with Crippen molar-refractivity contribution in [3.8, 4) is 0 Å². The summed E-state index contributed by atoms with van der Waals surface area (Å²) in [4.78, 5) is 19.8. The molecule has 1 amide bonds. The second-order valence-corrected chi connectivity index (χ2v) is 5.39. The van der Waals surface area contributed by atoms with E-state index in [1.54, 1.807) is 0 Å². The Morgan fingerprint density at radius 1 is 1.23 bits per heavy atom. The van der Waals surface area contributed by atoms with Crippen molar-refractivity contribution < 1.29 is 4.79 Å². The molecule has 0 saturated carbocycles. The van der Waals surface area contributed by atoms with Crippen LogP contribution in [0.3, 0.4) is 0 Å². The SMILES string of the molecule is Cc1ccc(N2C[C@H](C)C(NC(=O)c3cncnc3)=N2)cc1. The van der Waals surface area contributed by atoms with Crippen LogP contribution >= 0.6 is 0 Å². The third kappa shape index (κ3) is 2.95. The van der Waals surface area contributed by atoms with E-state index in [4.69, 9.17) is 0 Å². The number of amides is 1. The van der Waals surface area contributed by atoms with Crippen molar-refractivity contribution in [2.75, 3.05) is 11.6 Å². The molecule has 3 rings (SSSR count). The van der Waals surface area contributed by atoms with Crippen LogP contribution in [0.15, 0.2) is 48.1 Å². The number of nitrogens with one attached hydrogen (secondary N) is 1. The largest absolute Gasteiger partial charge is 0.308 e. The number of nitrogens with zero attached hydrogens (tertiary/aromatic N) is 4. The maximum atomic E-state index is 12.1. The van der Waals surface area contributed by atoms with E-state index in [9.17, 15) is 4.79 Å². The summed E-state index contributed by atoms with van der Waals surface area (Å²) in [7, 11) is 0. The van der Waals surface area contributed by atoms with Crippen molar-refractivity contribution in [2.45, 2.75) is 13.8 Å². The van der Waals surface area contributed by atoms with Crippen molar-refractivity contribution >= 4 is 17.4 Å². The van der Waals surface area contributed by atoms with E-state index in [0.717, 1.165) is 12.2 Å². The standard InChI is InChI=1S/C16H17N5O/c1-11-3-5-14(6-4-11)21-9-12(2)15(20-21)19-16(22)13-7-17-10-18-8-13/h3-8,10,12H,9H2,1-2H3,(H,19,20,22)/t12-/m0/s1. The Hall–Kier alpha value is -2.76. The van der Waals surface area contributed by atoms with Gasteiger partial charge in [-0.2, -0.15) is 5.10 Å². The summed E-state index contributed by atoms with van der Waals surface area (Å²) in [5.41, 5.74) is 2.65. The molecule has 1 aliphatic heterocycles. The molecule has 6 nitrogen and oxygen atoms in total. The molecular weight excluding hydrogens is 278 g/mol. The van der Waals surface area contributed by atoms with Gasteiger partial charge in [0.15, 0.2) is 0 Å². The fourth-order valence-electron chi connectivity index (χ4n) is 2.25. The molecule has 2 heterocycles. The Labute approximate surface area is 128 Å². The Kier molecular flexibility index (Phi) is 3.82. The summed E-state index contributed by atoms with van der Waals surface area (Å²) in [6, 6.07) is 8.16. The average molecular weight is 295 g/mol. The predicted molar refractivity (Wildman–Crippen MR) is 84.6 cm³/mol. The maximum absolute atomic E-state index is 12.1. The first-order valence-corrected chi connectivity index (χ1v) is 7.12. The smallest absolute Gasteiger partial charge is 0.259 e. The predicted octanol–water partition coefficient (Wildman–Crippen LogP) is 1.98. The number of carbonyl (C=O) groups is 1. The first kappa shape index (κ1) is 14.2. The summed E-state index contributed by atoms with van der Waals surface area (Å²) in [5, 5.41) is 9.26. The minimum absolute atomic E-state index is 0.148. The highest BCUT2D eigenvalue weighted by Gasteiger charge is 2.25. The lowest BCUT2D eigenvalue weighted by atomic mass is 10.1. The van der Waals surface area contributed by atoms with Crippen LogP contribution in [0.5, 0.6) is 0 Å². The van der Waals surface area contributed by atoms with E-state index in [2.05, 4.69) is 20.4 Å². The van der Waals surface area contributed by atoms with Gasteiger partial charge in [-0.15, -0.1) is 0 Å². The average Bonchev–Trinajstić information content (AvgIpc) is 2.90. The zero-order valence-electron chi connectivity index (χ0n) is 12.5. The highest BCUT2D eigenvalue weighted by Crippen LogP contribution is 2.22. The number of aromatic nitrogens is 2. The van der Waals surface area contributed by atoms with Gasteiger partial charge in [-0.05, 0) is 19.1 Å². The van der Waals surface area contributed by atoms with Gasteiger partial charge in [-0.25, -0.2) is 9.97 Å². The lowest BCUT2D eigenvalue weighted by Gasteiger charge is -2.14. The molecule has 0 saturated heterocycles. The monoisotopic (exact) mass is 295 g/mol. The van der Waals surface area contributed by atoms with Crippen molar-refractivity contribution in [3.05, 3.63) is 54.1 Å². The van der Waals surface area contributed by atoms with Crippen LogP contribution < -0.4 is 10.3 Å². The molecule has 0 spiro atoms. The van der Waals surface area contributed by atoms with Gasteiger partial charge in [0.2, 0.25) is 0 Å². The molecule has 0 aliphatic carbocycles. The molecule has 1 N–H and O–H groups in total. The van der Waals surface area contributed by atoms with E-state index in [-0.39, 0.29) is 11.8 Å². The summed E-state index contributed by atoms with van der Waals surface area (Å²) < 4.78 is 0. The molecule has 1 aliphatic rings. The number of carbonyl (C=O) groups excluding carboxylic acids is 1. The second-order valence-electron chi connectivity index (χ2n) is 5.39. The highest BCUT2D eigenvalue weighted by molar-refractivity contribution is 6.07. The van der Waals surface area contributed by atoms with Crippen LogP contribution in [-0.2, 0) is 0 Å². The van der Waals surface area contributed by atoms with E-state index in [0.29, 0.717) is 11.4 Å². The minimum Gasteiger partial charge on any atom is -0.308 e. The first-order valence-electron chi connectivity index (χ1n) is 7.12. The van der Waals surface area contributed by atoms with Crippen LogP contribution in [0.1, 0.15) is 22.8 Å². The third-order valence-corrected chi connectivity index (χ3v) is 3.54. The Morgan fingerprint density at radius 2 is 1.91 bits per heavy atom. The number of benzene rings is 1. The van der Waals surface area contributed by atoms with Crippen LogP contribution in [0.2, 0.25) is 0 Å². The molecule has 6 heteroatoms. The number of hydrogen-bond acceptors (Lipinski definition) is 5. The van der Waals surface area contributed by atoms with E-state index >= 15 is 0 Å². The molecule has 1 aromatic carbocycles. The summed E-state index contributed by atoms with van der Waals surface area (Å²) in [5.74, 6) is 0.571. The van der Waals surface area contributed by atoms with Gasteiger partial charge in [-0.1, -0.05) is 24.6 Å². The van der Waals surface area contributed by atoms with E-state index in [1.807, 2.05) is 43.1 Å². The number of amidine groups is 1. The molecule has 0 unspecified atom stereocenters. The molecular formula is C16H17N5O. The Balaban J connectivity index is 1.75. The molecule has 0 fully saturated rings. The van der Waals surface area contributed by atoms with Gasteiger partial charge in [0.05, 0.1) is 17.8 Å². The van der Waals surface area contributed by atoms with Crippen molar-refractivity contribution in [3.63, 3.8) is 0 Å². The number of rotatable bonds is 2. The number of aryl methyl sites for hydroxylation is 1. The zero-order chi connectivity index (χ0) is 15.5. The minimum atomic E-state index is -0.239. The van der Waals surface area contributed by atoms with Crippen LogP contribution in [0.25, 0.3) is 0 Å². The highest BCUT2D eigenvalue weighted by atomic mass is 16.1. The van der Waals surface area contributed by atoms with Crippen LogP contribution in [-0.4, -0.2) is 28.3 Å². The van der Waals surface area contributed by atoms with Gasteiger partial charge < -0.3 is 5.32 Å². The summed E-state index contributed by atoms with van der Waals surface area (Å²) >= 11 is 0. The van der Waals surface area contributed by atoms with Crippen LogP contribution in [0.4, 0.5) is 5.69 Å². The molecule has 1 atom stereocenters. The number of hydrogen-bond donors (Lipinski definition) is 1. The molecule has 0 bridgehead atoms. The van der Waals surface area contributed by atoms with Crippen molar-refractivity contribution in [2.24, 2.45) is 11.0 Å². The topological polar surface area (TPSA) is 70.5 Å². The molecule has 22 heavy (non-hydrogen) atoms. The first-order chi connectivity index (χ1) is 10.6. The molecule has 2 aromatic rings. The molecule has 112 valence electrons. The second kappa shape index (κ2) is 5.93. The van der Waals surface area contributed by atoms with Crippen molar-refractivity contribution in [1.29, 1.82) is 0 Å². The Morgan fingerprint density at radius 3 is 2.59 bits per heavy atom. The van der Waals surface area contributed by atoms with Gasteiger partial charge in [0.25, 0.3) is 5.91 Å². The fraction of sp³-hybridized carbons (Fsp3) is 0.250. The lowest BCUT2D eigenvalue weighted by molar-refractivity contribution is 0.0975. The Bertz CT molecular complexity index is 696. The molecule has 0 radical (unpaired) electrons. The van der Waals surface area contributed by atoms with Gasteiger partial charge >= 0.3 is 0 Å². The summed E-state index contributed by atoms with van der Waals surface area (Å²) in [6.07, 6.45) is 4.37. The summed E-state index contributed by atoms with van der Waals surface area (Å²) in [6.45, 7) is 4.83. The normalized spacial score (nSPS) is 17.3. The lowest BCUT2D eigenvalue weighted by Crippen LogP contribution is -2.33. The van der Waals surface area contributed by atoms with Crippen LogP contribution in [0, 0.1) is 12.8 Å². The van der Waals surface area contributed by atoms with Gasteiger partial charge in [0.1, 0.15) is 12.2 Å². The van der Waals surface area contributed by atoms with Gasteiger partial charge in [-0.3, -0.25) is 9.80 Å². The maximum Gasteiger partial charge on any atom is 0.259 e. The zero-order valence-corrected chi connectivity index (χ0v) is 12.5. The molecule has 1 aromatic heterocycles.